The molecule has 1 spiro atoms. The van der Waals surface area contributed by atoms with Crippen molar-refractivity contribution in [3.05, 3.63) is 34.9 Å². The van der Waals surface area contributed by atoms with Gasteiger partial charge in [-0.1, -0.05) is 30.1 Å². The highest BCUT2D eigenvalue weighted by atomic mass is 32.1. The normalized spacial score (nSPS) is 28.4. The molecular formula is C25H33NO2S. The molecule has 0 amide bonds. The van der Waals surface area contributed by atoms with Crippen molar-refractivity contribution in [1.82, 2.24) is 5.32 Å². The lowest BCUT2D eigenvalue weighted by molar-refractivity contribution is -0.130. The topological polar surface area (TPSA) is 38.3 Å². The van der Waals surface area contributed by atoms with Crippen LogP contribution in [0, 0.1) is 22.7 Å². The van der Waals surface area contributed by atoms with Crippen molar-refractivity contribution in [3.8, 4) is 11.8 Å². The van der Waals surface area contributed by atoms with Crippen molar-refractivity contribution >= 4 is 23.0 Å². The number of ether oxygens (including phenoxy) is 1. The van der Waals surface area contributed by atoms with E-state index in [1.54, 1.807) is 14.0 Å². The second kappa shape index (κ2) is 7.85. The molecule has 29 heavy (non-hydrogen) atoms. The number of carbonyl (C=O) groups excluding carboxylic acids is 1. The smallest absolute Gasteiger partial charge is 0.160 e. The molecule has 2 aliphatic rings. The molecule has 1 saturated carbocycles. The van der Waals surface area contributed by atoms with E-state index in [9.17, 15) is 4.79 Å². The molecule has 1 aromatic rings. The first-order valence-corrected chi connectivity index (χ1v) is 10.9. The molecular weight excluding hydrogens is 378 g/mol. The molecule has 0 bridgehead atoms. The molecule has 1 unspecified atom stereocenters. The summed E-state index contributed by atoms with van der Waals surface area (Å²) in [7, 11) is 1.78. The number of ketones is 1. The molecule has 0 heterocycles. The highest BCUT2D eigenvalue weighted by Crippen LogP contribution is 2.58. The van der Waals surface area contributed by atoms with Crippen molar-refractivity contribution in [3.63, 3.8) is 0 Å². The number of carbonyl (C=O) groups is 1. The van der Waals surface area contributed by atoms with Gasteiger partial charge in [-0.05, 0) is 90.0 Å². The van der Waals surface area contributed by atoms with Gasteiger partial charge < -0.3 is 10.1 Å². The Hall–Kier alpha value is -1.70. The van der Waals surface area contributed by atoms with E-state index >= 15 is 0 Å². The van der Waals surface area contributed by atoms with Gasteiger partial charge in [0.05, 0.1) is 11.1 Å². The fourth-order valence-corrected chi connectivity index (χ4v) is 5.40. The number of fused-ring (bicyclic) bond motifs is 1. The first-order chi connectivity index (χ1) is 13.5. The third kappa shape index (κ3) is 4.00. The highest BCUT2D eigenvalue weighted by Gasteiger charge is 2.61. The second-order valence-electron chi connectivity index (χ2n) is 9.75. The van der Waals surface area contributed by atoms with Gasteiger partial charge in [-0.25, -0.2) is 0 Å². The number of nitrogens with one attached hydrogen (secondary N) is 1. The van der Waals surface area contributed by atoms with Crippen LogP contribution in [0.25, 0.3) is 0 Å². The van der Waals surface area contributed by atoms with Crippen LogP contribution in [0.4, 0.5) is 0 Å². The maximum atomic E-state index is 13.3. The average molecular weight is 412 g/mol. The summed E-state index contributed by atoms with van der Waals surface area (Å²) in [5, 5.41) is 3.50. The zero-order valence-electron chi connectivity index (χ0n) is 18.6. The van der Waals surface area contributed by atoms with Crippen LogP contribution in [0.2, 0.25) is 0 Å². The lowest BCUT2D eigenvalue weighted by Crippen LogP contribution is -2.60. The summed E-state index contributed by atoms with van der Waals surface area (Å²) in [4.78, 5) is 14.0. The van der Waals surface area contributed by atoms with Crippen molar-refractivity contribution in [2.24, 2.45) is 10.8 Å². The van der Waals surface area contributed by atoms with Gasteiger partial charge in [-0.3, -0.25) is 4.79 Å². The monoisotopic (exact) mass is 411 g/mol. The third-order valence-electron chi connectivity index (χ3n) is 6.53. The van der Waals surface area contributed by atoms with Crippen LogP contribution >= 0.6 is 12.2 Å². The fraction of sp³-hybridized carbons (Fsp3) is 0.600. The highest BCUT2D eigenvalue weighted by molar-refractivity contribution is 7.80. The van der Waals surface area contributed by atoms with Gasteiger partial charge in [0, 0.05) is 23.5 Å². The Kier molecular flexibility index (Phi) is 5.96. The van der Waals surface area contributed by atoms with Crippen molar-refractivity contribution in [2.45, 2.75) is 78.4 Å². The summed E-state index contributed by atoms with van der Waals surface area (Å²) in [5.74, 6) is 6.76. The maximum Gasteiger partial charge on any atom is 0.160 e. The maximum absolute atomic E-state index is 13.3. The van der Waals surface area contributed by atoms with Crippen molar-refractivity contribution in [1.29, 1.82) is 0 Å². The summed E-state index contributed by atoms with van der Waals surface area (Å²) in [6.45, 7) is 9.89. The predicted molar refractivity (Wildman–Crippen MR) is 122 cm³/mol. The van der Waals surface area contributed by atoms with Gasteiger partial charge in [0.25, 0.3) is 0 Å². The number of hydrogen-bond acceptors (Lipinski definition) is 3. The van der Waals surface area contributed by atoms with Gasteiger partial charge in [-0.15, -0.1) is 0 Å². The van der Waals surface area contributed by atoms with Gasteiger partial charge in [0.2, 0.25) is 0 Å². The van der Waals surface area contributed by atoms with Crippen LogP contribution < -0.4 is 5.32 Å². The molecule has 1 N–H and O–H groups in total. The second-order valence-corrected chi connectivity index (χ2v) is 10.4. The number of Topliss-reactive ketones (excluding diaryl/α,β-unsaturated/α-hetero) is 1. The van der Waals surface area contributed by atoms with Gasteiger partial charge in [0.15, 0.2) is 5.78 Å². The fourth-order valence-electron chi connectivity index (χ4n) is 5.25. The minimum atomic E-state index is -0.785. The molecule has 1 fully saturated rings. The SMILES string of the molecule is COC1CCC2(CC1)Cc1ccc(C#CC(C)(C)C)cc1C2(NC(C)=S)C(C)=O. The molecule has 4 heteroatoms. The van der Waals surface area contributed by atoms with Crippen LogP contribution in [-0.2, 0) is 21.5 Å². The number of hydrogen-bond donors (Lipinski definition) is 1. The predicted octanol–water partition coefficient (Wildman–Crippen LogP) is 4.94. The van der Waals surface area contributed by atoms with E-state index in [0.717, 1.165) is 43.2 Å². The van der Waals surface area contributed by atoms with Gasteiger partial charge in [0.1, 0.15) is 5.54 Å². The van der Waals surface area contributed by atoms with E-state index in [-0.39, 0.29) is 22.7 Å². The largest absolute Gasteiger partial charge is 0.381 e. The van der Waals surface area contributed by atoms with Crippen molar-refractivity contribution in [2.75, 3.05) is 7.11 Å². The van der Waals surface area contributed by atoms with E-state index in [0.29, 0.717) is 4.99 Å². The summed E-state index contributed by atoms with van der Waals surface area (Å²) in [5.41, 5.74) is 2.22. The van der Waals surface area contributed by atoms with Gasteiger partial charge >= 0.3 is 0 Å². The Bertz CT molecular complexity index is 878. The first-order valence-electron chi connectivity index (χ1n) is 10.5. The Morgan fingerprint density at radius 1 is 1.24 bits per heavy atom. The van der Waals surface area contributed by atoms with Crippen LogP contribution in [0.1, 0.15) is 77.0 Å². The van der Waals surface area contributed by atoms with E-state index in [2.05, 4.69) is 56.1 Å². The van der Waals surface area contributed by atoms with E-state index in [4.69, 9.17) is 17.0 Å². The summed E-state index contributed by atoms with van der Waals surface area (Å²) in [6.07, 6.45) is 4.98. The lowest BCUT2D eigenvalue weighted by Gasteiger charge is -2.49. The summed E-state index contributed by atoms with van der Waals surface area (Å²) >= 11 is 5.47. The molecule has 3 nitrogen and oxygen atoms in total. The molecule has 0 radical (unpaired) electrons. The van der Waals surface area contributed by atoms with Crippen LogP contribution in [0.3, 0.4) is 0 Å². The molecule has 2 aliphatic carbocycles. The Balaban J connectivity index is 2.14. The standard InChI is InChI=1S/C25H33NO2S/c1-17(27)25(26-18(2)29)22-15-19(9-12-23(3,4)5)7-8-20(22)16-24(25)13-10-21(28-6)11-14-24/h7-8,15,21H,10-11,13-14,16H2,1-6H3,(H,26,29). The minimum absolute atomic E-state index is 0.0698. The zero-order chi connectivity index (χ0) is 21.4. The summed E-state index contributed by atoms with van der Waals surface area (Å²) < 4.78 is 5.61. The molecule has 156 valence electrons. The number of methoxy groups -OCH3 is 1. The van der Waals surface area contributed by atoms with Crippen LogP contribution in [-0.4, -0.2) is 24.0 Å². The quantitative estimate of drug-likeness (QED) is 0.565. The Morgan fingerprint density at radius 2 is 1.90 bits per heavy atom. The Morgan fingerprint density at radius 3 is 2.41 bits per heavy atom. The molecule has 1 atom stereocenters. The molecule has 1 aromatic carbocycles. The van der Waals surface area contributed by atoms with Crippen LogP contribution in [0.5, 0.6) is 0 Å². The average Bonchev–Trinajstić information content (AvgIpc) is 2.89. The van der Waals surface area contributed by atoms with Crippen molar-refractivity contribution < 1.29 is 9.53 Å². The molecule has 0 aromatic heterocycles. The minimum Gasteiger partial charge on any atom is -0.381 e. The number of thiocarbonyl (C=S) groups is 1. The third-order valence-corrected chi connectivity index (χ3v) is 6.64. The lowest BCUT2D eigenvalue weighted by atomic mass is 9.60. The van der Waals surface area contributed by atoms with Gasteiger partial charge in [-0.2, -0.15) is 0 Å². The number of rotatable bonds is 3. The molecule has 3 rings (SSSR count). The molecule has 0 aliphatic heterocycles. The van der Waals surface area contributed by atoms with E-state index < -0.39 is 5.54 Å². The first kappa shape index (κ1) is 22.0. The number of benzene rings is 1. The zero-order valence-corrected chi connectivity index (χ0v) is 19.4. The Labute approximate surface area is 181 Å². The van der Waals surface area contributed by atoms with E-state index in [1.165, 1.54) is 5.56 Å². The summed E-state index contributed by atoms with van der Waals surface area (Å²) in [6, 6.07) is 6.38. The van der Waals surface area contributed by atoms with Crippen LogP contribution in [0.15, 0.2) is 18.2 Å². The molecule has 0 saturated heterocycles. The van der Waals surface area contributed by atoms with E-state index in [1.807, 2.05) is 6.92 Å².